The van der Waals surface area contributed by atoms with Crippen molar-refractivity contribution in [3.63, 3.8) is 0 Å². The van der Waals surface area contributed by atoms with E-state index in [4.69, 9.17) is 9.57 Å². The third-order valence-corrected chi connectivity index (χ3v) is 5.12. The lowest BCUT2D eigenvalue weighted by Crippen LogP contribution is -2.35. The van der Waals surface area contributed by atoms with Gasteiger partial charge in [0, 0.05) is 11.3 Å². The largest absolute Gasteiger partial charge is 0.465 e. The number of benzene rings is 1. The highest BCUT2D eigenvalue weighted by atomic mass is 32.2. The summed E-state index contributed by atoms with van der Waals surface area (Å²) in [6, 6.07) is 6.07. The number of carbonyl (C=O) groups excluding carboxylic acids is 2. The van der Waals surface area contributed by atoms with Gasteiger partial charge in [0.1, 0.15) is 0 Å². The molecule has 24 heavy (non-hydrogen) atoms. The molecule has 8 nitrogen and oxygen atoms in total. The number of nitrogens with one attached hydrogen (secondary N) is 1. The zero-order valence-electron chi connectivity index (χ0n) is 13.3. The number of rotatable bonds is 7. The van der Waals surface area contributed by atoms with Crippen LogP contribution in [-0.4, -0.2) is 44.3 Å². The number of oxime groups is 1. The molecule has 1 atom stereocenters. The van der Waals surface area contributed by atoms with Crippen molar-refractivity contribution in [1.29, 1.82) is 0 Å². The summed E-state index contributed by atoms with van der Waals surface area (Å²) in [5.74, 6) is -1.02. The van der Waals surface area contributed by atoms with Gasteiger partial charge in [-0.05, 0) is 25.5 Å². The fourth-order valence-corrected chi connectivity index (χ4v) is 3.54. The summed E-state index contributed by atoms with van der Waals surface area (Å²) in [5.41, 5.74) is 0.994. The molecule has 2 rings (SSSR count). The zero-order valence-corrected chi connectivity index (χ0v) is 14.1. The van der Waals surface area contributed by atoms with Crippen LogP contribution in [0.4, 0.5) is 5.69 Å². The van der Waals surface area contributed by atoms with Gasteiger partial charge in [-0.25, -0.2) is 8.42 Å². The predicted molar refractivity (Wildman–Crippen MR) is 87.2 cm³/mol. The van der Waals surface area contributed by atoms with Gasteiger partial charge in [0.25, 0.3) is 0 Å². The molecule has 0 bridgehead atoms. The molecule has 1 N–H and O–H groups in total. The number of sulfonamides is 1. The fraction of sp³-hybridized carbons (Fsp3) is 0.400. The van der Waals surface area contributed by atoms with E-state index in [-0.39, 0.29) is 36.8 Å². The van der Waals surface area contributed by atoms with Crippen LogP contribution in [0.2, 0.25) is 0 Å². The van der Waals surface area contributed by atoms with E-state index in [1.54, 1.807) is 26.0 Å². The highest BCUT2D eigenvalue weighted by Crippen LogP contribution is 2.17. The van der Waals surface area contributed by atoms with Gasteiger partial charge >= 0.3 is 5.97 Å². The summed E-state index contributed by atoms with van der Waals surface area (Å²) >= 11 is 0. The molecule has 0 spiro atoms. The van der Waals surface area contributed by atoms with Crippen molar-refractivity contribution in [1.82, 2.24) is 0 Å². The fourth-order valence-electron chi connectivity index (χ4n) is 2.17. The van der Waals surface area contributed by atoms with Crippen LogP contribution in [0.15, 0.2) is 29.4 Å². The van der Waals surface area contributed by atoms with Gasteiger partial charge in [0.15, 0.2) is 17.6 Å². The molecule has 1 unspecified atom stereocenters. The highest BCUT2D eigenvalue weighted by molar-refractivity contribution is 7.94. The molecule has 0 amide bonds. The van der Waals surface area contributed by atoms with Crippen LogP contribution in [0, 0.1) is 0 Å². The third kappa shape index (κ3) is 3.91. The Morgan fingerprint density at radius 3 is 2.50 bits per heavy atom. The van der Waals surface area contributed by atoms with E-state index in [1.807, 2.05) is 0 Å². The normalized spacial score (nSPS) is 15.4. The molecule has 130 valence electrons. The van der Waals surface area contributed by atoms with Crippen LogP contribution in [0.1, 0.15) is 25.8 Å². The first-order chi connectivity index (χ1) is 11.4. The summed E-state index contributed by atoms with van der Waals surface area (Å²) in [6.45, 7) is 3.22. The minimum Gasteiger partial charge on any atom is -0.465 e. The van der Waals surface area contributed by atoms with E-state index in [0.29, 0.717) is 5.56 Å². The highest BCUT2D eigenvalue weighted by Gasteiger charge is 2.32. The van der Waals surface area contributed by atoms with Gasteiger partial charge in [0.05, 0.1) is 6.61 Å². The van der Waals surface area contributed by atoms with E-state index < -0.39 is 21.2 Å². The lowest BCUT2D eigenvalue weighted by Gasteiger charge is -2.16. The van der Waals surface area contributed by atoms with Crippen LogP contribution in [0.5, 0.6) is 0 Å². The molecule has 0 aliphatic carbocycles. The molecule has 0 fully saturated rings. The van der Waals surface area contributed by atoms with Crippen LogP contribution >= 0.6 is 0 Å². The SMILES string of the molecule is CCOC(=O)C(CC)S(=O)(=O)Nc1ccc(C2=NOCC2=O)cc1. The van der Waals surface area contributed by atoms with Crippen LogP contribution in [0.3, 0.4) is 0 Å². The Balaban J connectivity index is 2.15. The van der Waals surface area contributed by atoms with Crippen LogP contribution in [-0.2, 0) is 29.2 Å². The zero-order chi connectivity index (χ0) is 17.7. The number of ether oxygens (including phenoxy) is 1. The molecule has 1 heterocycles. The Morgan fingerprint density at radius 2 is 2.00 bits per heavy atom. The van der Waals surface area contributed by atoms with Crippen molar-refractivity contribution in [2.45, 2.75) is 25.5 Å². The molecule has 0 saturated heterocycles. The second kappa shape index (κ2) is 7.43. The minimum absolute atomic E-state index is 0.0922. The first kappa shape index (κ1) is 17.9. The average Bonchev–Trinajstić information content (AvgIpc) is 2.94. The number of Topliss-reactive ketones (excluding diaryl/α,β-unsaturated/α-hetero) is 1. The molecule has 0 radical (unpaired) electrons. The standard InChI is InChI=1S/C15H18N2O6S/c1-3-13(15(19)22-4-2)24(20,21)17-11-7-5-10(6-8-11)14-12(18)9-23-16-14/h5-8,13,17H,3-4,9H2,1-2H3. The predicted octanol–water partition coefficient (Wildman–Crippen LogP) is 1.07. The maximum Gasteiger partial charge on any atom is 0.326 e. The number of ketones is 1. The van der Waals surface area contributed by atoms with Crippen molar-refractivity contribution < 1.29 is 27.6 Å². The lowest BCUT2D eigenvalue weighted by molar-refractivity contribution is -0.142. The summed E-state index contributed by atoms with van der Waals surface area (Å²) in [4.78, 5) is 28.0. The summed E-state index contributed by atoms with van der Waals surface area (Å²) in [7, 11) is -3.94. The number of nitrogens with zero attached hydrogens (tertiary/aromatic N) is 1. The second-order valence-corrected chi connectivity index (χ2v) is 6.87. The van der Waals surface area contributed by atoms with Crippen molar-refractivity contribution >= 4 is 33.2 Å². The van der Waals surface area contributed by atoms with Crippen LogP contribution < -0.4 is 4.72 Å². The summed E-state index contributed by atoms with van der Waals surface area (Å²) in [6.07, 6.45) is 0.0922. The number of hydrogen-bond donors (Lipinski definition) is 1. The van der Waals surface area contributed by atoms with Crippen molar-refractivity contribution in [2.75, 3.05) is 17.9 Å². The Bertz CT molecular complexity index is 755. The molecule has 1 aliphatic heterocycles. The topological polar surface area (TPSA) is 111 Å². The number of hydrogen-bond acceptors (Lipinski definition) is 7. The van der Waals surface area contributed by atoms with Crippen molar-refractivity contribution in [3.05, 3.63) is 29.8 Å². The third-order valence-electron chi connectivity index (χ3n) is 3.33. The Morgan fingerprint density at radius 1 is 1.33 bits per heavy atom. The van der Waals surface area contributed by atoms with Crippen LogP contribution in [0.25, 0.3) is 0 Å². The van der Waals surface area contributed by atoms with E-state index >= 15 is 0 Å². The maximum atomic E-state index is 12.3. The second-order valence-electron chi connectivity index (χ2n) is 5.01. The summed E-state index contributed by atoms with van der Waals surface area (Å²) < 4.78 is 31.8. The van der Waals surface area contributed by atoms with Gasteiger partial charge in [-0.2, -0.15) is 0 Å². The number of carbonyl (C=O) groups is 2. The molecule has 9 heteroatoms. The Labute approximate surface area is 139 Å². The number of esters is 1. The Kier molecular flexibility index (Phi) is 5.55. The quantitative estimate of drug-likeness (QED) is 0.733. The van der Waals surface area contributed by atoms with E-state index in [0.717, 1.165) is 0 Å². The molecule has 0 saturated carbocycles. The maximum absolute atomic E-state index is 12.3. The van der Waals surface area contributed by atoms with Gasteiger partial charge < -0.3 is 9.57 Å². The van der Waals surface area contributed by atoms with Gasteiger partial charge in [-0.3, -0.25) is 14.3 Å². The monoisotopic (exact) mass is 354 g/mol. The van der Waals surface area contributed by atoms with E-state index in [9.17, 15) is 18.0 Å². The van der Waals surface area contributed by atoms with E-state index in [2.05, 4.69) is 9.88 Å². The van der Waals surface area contributed by atoms with Crippen molar-refractivity contribution in [3.8, 4) is 0 Å². The van der Waals surface area contributed by atoms with Gasteiger partial charge in [-0.15, -0.1) is 0 Å². The number of anilines is 1. The molecule has 1 aliphatic rings. The smallest absolute Gasteiger partial charge is 0.326 e. The molecular weight excluding hydrogens is 336 g/mol. The van der Waals surface area contributed by atoms with E-state index in [1.165, 1.54) is 12.1 Å². The molecule has 1 aromatic rings. The molecular formula is C15H18N2O6S. The lowest BCUT2D eigenvalue weighted by atomic mass is 10.1. The Hall–Kier alpha value is -2.42. The molecule has 1 aromatic carbocycles. The first-order valence-electron chi connectivity index (χ1n) is 7.41. The summed E-state index contributed by atoms with van der Waals surface area (Å²) in [5, 5.41) is 2.36. The molecule has 0 aromatic heterocycles. The van der Waals surface area contributed by atoms with Gasteiger partial charge in [-0.1, -0.05) is 24.2 Å². The van der Waals surface area contributed by atoms with Crippen molar-refractivity contribution in [2.24, 2.45) is 5.16 Å². The average molecular weight is 354 g/mol. The first-order valence-corrected chi connectivity index (χ1v) is 8.95. The van der Waals surface area contributed by atoms with Gasteiger partial charge in [0.2, 0.25) is 15.8 Å². The minimum atomic E-state index is -3.94.